The third-order valence-corrected chi connectivity index (χ3v) is 2.75. The van der Waals surface area contributed by atoms with Crippen LogP contribution in [0.4, 0.5) is 0 Å². The normalized spacial score (nSPS) is 10.2. The summed E-state index contributed by atoms with van der Waals surface area (Å²) in [6, 6.07) is 10.5. The average molecular weight is 257 g/mol. The molecule has 0 saturated carbocycles. The number of nitrogens with one attached hydrogen (secondary N) is 1. The van der Waals surface area contributed by atoms with Gasteiger partial charge in [-0.25, -0.2) is 0 Å². The quantitative estimate of drug-likeness (QED) is 0.826. The molecule has 2 aromatic rings. The molecule has 5 heteroatoms. The zero-order valence-electron chi connectivity index (χ0n) is 10.7. The molecule has 0 unspecified atom stereocenters. The number of hydrogen-bond donors (Lipinski definition) is 1. The first-order chi connectivity index (χ1) is 9.22. The van der Waals surface area contributed by atoms with Crippen LogP contribution in [0.5, 0.6) is 0 Å². The van der Waals surface area contributed by atoms with Gasteiger partial charge in [-0.1, -0.05) is 30.3 Å². The first kappa shape index (κ1) is 13.0. The maximum Gasteiger partial charge on any atom is 0.269 e. The van der Waals surface area contributed by atoms with Crippen molar-refractivity contribution in [1.82, 2.24) is 15.1 Å². The van der Waals surface area contributed by atoms with Gasteiger partial charge < -0.3 is 5.32 Å². The Hall–Kier alpha value is -2.43. The van der Waals surface area contributed by atoms with Crippen molar-refractivity contribution >= 4 is 11.7 Å². The minimum Gasteiger partial charge on any atom is -0.343 e. The number of carbonyl (C=O) groups excluding carboxylic acids is 2. The molecular formula is C14H15N3O2. The Kier molecular flexibility index (Phi) is 4.07. The second kappa shape index (κ2) is 5.95. The van der Waals surface area contributed by atoms with Crippen LogP contribution in [-0.2, 0) is 6.54 Å². The van der Waals surface area contributed by atoms with E-state index in [1.807, 2.05) is 13.0 Å². The van der Waals surface area contributed by atoms with Crippen LogP contribution < -0.4 is 5.32 Å². The van der Waals surface area contributed by atoms with Crippen molar-refractivity contribution in [3.63, 3.8) is 0 Å². The molecule has 1 aromatic heterocycles. The summed E-state index contributed by atoms with van der Waals surface area (Å²) < 4.78 is 1.59. The van der Waals surface area contributed by atoms with Crippen LogP contribution in [0.25, 0.3) is 0 Å². The standard InChI is InChI=1S/C14H15N3O2/c1-2-17-12(8-9-16-17)14(19)15-10-13(18)11-6-4-3-5-7-11/h3-9H,2,10H2,1H3,(H,15,19). The van der Waals surface area contributed by atoms with Crippen LogP contribution in [0.2, 0.25) is 0 Å². The summed E-state index contributed by atoms with van der Waals surface area (Å²) in [5.74, 6) is -0.403. The van der Waals surface area contributed by atoms with Gasteiger partial charge in [0.2, 0.25) is 0 Å². The number of Topliss-reactive ketones (excluding diaryl/α,β-unsaturated/α-hetero) is 1. The van der Waals surface area contributed by atoms with E-state index in [0.29, 0.717) is 17.8 Å². The van der Waals surface area contributed by atoms with E-state index in [1.54, 1.807) is 41.2 Å². The van der Waals surface area contributed by atoms with Gasteiger partial charge >= 0.3 is 0 Å². The molecule has 5 nitrogen and oxygen atoms in total. The molecule has 1 aromatic carbocycles. The van der Waals surface area contributed by atoms with Gasteiger partial charge in [0.25, 0.3) is 5.91 Å². The maximum atomic E-state index is 11.9. The molecule has 0 aliphatic heterocycles. The zero-order chi connectivity index (χ0) is 13.7. The van der Waals surface area contributed by atoms with Crippen molar-refractivity contribution in [2.75, 3.05) is 6.54 Å². The number of rotatable bonds is 5. The Labute approximate surface area is 111 Å². The Balaban J connectivity index is 1.96. The molecule has 0 bridgehead atoms. The van der Waals surface area contributed by atoms with Gasteiger partial charge in [0.15, 0.2) is 5.78 Å². The first-order valence-corrected chi connectivity index (χ1v) is 6.10. The molecular weight excluding hydrogens is 242 g/mol. The molecule has 0 saturated heterocycles. The van der Waals surface area contributed by atoms with E-state index in [0.717, 1.165) is 0 Å². The fraction of sp³-hybridized carbons (Fsp3) is 0.214. The summed E-state index contributed by atoms with van der Waals surface area (Å²) >= 11 is 0. The fourth-order valence-corrected chi connectivity index (χ4v) is 1.75. The Bertz CT molecular complexity index is 575. The highest BCUT2D eigenvalue weighted by Crippen LogP contribution is 2.01. The van der Waals surface area contributed by atoms with Crippen molar-refractivity contribution in [3.05, 3.63) is 53.9 Å². The van der Waals surface area contributed by atoms with Crippen LogP contribution in [0.15, 0.2) is 42.6 Å². The average Bonchev–Trinajstić information content (AvgIpc) is 2.93. The molecule has 0 fully saturated rings. The van der Waals surface area contributed by atoms with E-state index in [-0.39, 0.29) is 18.2 Å². The van der Waals surface area contributed by atoms with E-state index < -0.39 is 0 Å². The van der Waals surface area contributed by atoms with Crippen molar-refractivity contribution < 1.29 is 9.59 Å². The third-order valence-electron chi connectivity index (χ3n) is 2.75. The summed E-state index contributed by atoms with van der Waals surface area (Å²) in [5.41, 5.74) is 1.05. The summed E-state index contributed by atoms with van der Waals surface area (Å²) in [6.07, 6.45) is 1.57. The maximum absolute atomic E-state index is 11.9. The van der Waals surface area contributed by atoms with Gasteiger partial charge in [0.1, 0.15) is 5.69 Å². The van der Waals surface area contributed by atoms with Crippen LogP contribution >= 0.6 is 0 Å². The predicted molar refractivity (Wildman–Crippen MR) is 71.0 cm³/mol. The molecule has 2 rings (SSSR count). The Morgan fingerprint density at radius 3 is 2.63 bits per heavy atom. The van der Waals surface area contributed by atoms with Crippen LogP contribution in [0.3, 0.4) is 0 Å². The van der Waals surface area contributed by atoms with Crippen molar-refractivity contribution in [3.8, 4) is 0 Å². The lowest BCUT2D eigenvalue weighted by molar-refractivity contribution is 0.0897. The number of aromatic nitrogens is 2. The second-order valence-electron chi connectivity index (χ2n) is 4.00. The van der Waals surface area contributed by atoms with E-state index in [1.165, 1.54) is 0 Å². The predicted octanol–water partition coefficient (Wildman–Crippen LogP) is 1.52. The van der Waals surface area contributed by atoms with Gasteiger partial charge in [-0.2, -0.15) is 5.10 Å². The third kappa shape index (κ3) is 3.07. The SMILES string of the molecule is CCn1nccc1C(=O)NCC(=O)c1ccccc1. The highest BCUT2D eigenvalue weighted by molar-refractivity contribution is 6.01. The number of ketones is 1. The summed E-state index contributed by atoms with van der Waals surface area (Å²) in [5, 5.41) is 6.62. The second-order valence-corrected chi connectivity index (χ2v) is 4.00. The monoisotopic (exact) mass is 257 g/mol. The molecule has 1 N–H and O–H groups in total. The minimum absolute atomic E-state index is 0.0161. The lowest BCUT2D eigenvalue weighted by atomic mass is 10.1. The zero-order valence-corrected chi connectivity index (χ0v) is 10.7. The van der Waals surface area contributed by atoms with Crippen molar-refractivity contribution in [2.24, 2.45) is 0 Å². The minimum atomic E-state index is -0.288. The van der Waals surface area contributed by atoms with Gasteiger partial charge in [0.05, 0.1) is 6.54 Å². The van der Waals surface area contributed by atoms with Gasteiger partial charge in [-0.3, -0.25) is 14.3 Å². The van der Waals surface area contributed by atoms with E-state index in [9.17, 15) is 9.59 Å². The number of amides is 1. The number of nitrogens with zero attached hydrogens (tertiary/aromatic N) is 2. The van der Waals surface area contributed by atoms with E-state index >= 15 is 0 Å². The molecule has 1 amide bonds. The highest BCUT2D eigenvalue weighted by atomic mass is 16.2. The van der Waals surface area contributed by atoms with E-state index in [4.69, 9.17) is 0 Å². The van der Waals surface area contributed by atoms with Crippen molar-refractivity contribution in [1.29, 1.82) is 0 Å². The highest BCUT2D eigenvalue weighted by Gasteiger charge is 2.12. The van der Waals surface area contributed by atoms with E-state index in [2.05, 4.69) is 10.4 Å². The Morgan fingerprint density at radius 2 is 1.95 bits per heavy atom. The summed E-state index contributed by atoms with van der Waals surface area (Å²) in [6.45, 7) is 2.50. The molecule has 0 atom stereocenters. The molecule has 0 aliphatic carbocycles. The lowest BCUT2D eigenvalue weighted by Crippen LogP contribution is -2.31. The number of hydrogen-bond acceptors (Lipinski definition) is 3. The molecule has 19 heavy (non-hydrogen) atoms. The molecule has 0 spiro atoms. The molecule has 1 heterocycles. The summed E-state index contributed by atoms with van der Waals surface area (Å²) in [4.78, 5) is 23.7. The smallest absolute Gasteiger partial charge is 0.269 e. The molecule has 0 radical (unpaired) electrons. The molecule has 98 valence electrons. The van der Waals surface area contributed by atoms with Crippen molar-refractivity contribution in [2.45, 2.75) is 13.5 Å². The van der Waals surface area contributed by atoms with Crippen LogP contribution in [0, 0.1) is 0 Å². The fourth-order valence-electron chi connectivity index (χ4n) is 1.75. The number of carbonyl (C=O) groups is 2. The summed E-state index contributed by atoms with van der Waals surface area (Å²) in [7, 11) is 0. The van der Waals surface area contributed by atoms with Crippen LogP contribution in [-0.4, -0.2) is 28.0 Å². The topological polar surface area (TPSA) is 64.0 Å². The van der Waals surface area contributed by atoms with Gasteiger partial charge in [-0.05, 0) is 13.0 Å². The number of benzene rings is 1. The first-order valence-electron chi connectivity index (χ1n) is 6.10. The Morgan fingerprint density at radius 1 is 1.21 bits per heavy atom. The lowest BCUT2D eigenvalue weighted by Gasteiger charge is -2.06. The molecule has 0 aliphatic rings. The number of aryl methyl sites for hydroxylation is 1. The van der Waals surface area contributed by atoms with Crippen LogP contribution in [0.1, 0.15) is 27.8 Å². The largest absolute Gasteiger partial charge is 0.343 e. The van der Waals surface area contributed by atoms with Gasteiger partial charge in [-0.15, -0.1) is 0 Å². The van der Waals surface area contributed by atoms with Gasteiger partial charge in [0, 0.05) is 18.3 Å².